The van der Waals surface area contributed by atoms with Crippen molar-refractivity contribution in [1.29, 1.82) is 0 Å². The second-order valence-corrected chi connectivity index (χ2v) is 8.04. The zero-order valence-corrected chi connectivity index (χ0v) is 16.7. The molecular formula is C25H32O2. The van der Waals surface area contributed by atoms with Crippen molar-refractivity contribution in [2.75, 3.05) is 0 Å². The molecule has 1 saturated carbocycles. The molecule has 2 aromatic rings. The van der Waals surface area contributed by atoms with E-state index < -0.39 is 0 Å². The monoisotopic (exact) mass is 364 g/mol. The summed E-state index contributed by atoms with van der Waals surface area (Å²) in [5, 5.41) is 0. The van der Waals surface area contributed by atoms with E-state index in [1.165, 1.54) is 56.9 Å². The largest absolute Gasteiger partial charge is 0.423 e. The van der Waals surface area contributed by atoms with Gasteiger partial charge in [0.1, 0.15) is 5.75 Å². The lowest BCUT2D eigenvalue weighted by molar-refractivity contribution is 0.0734. The van der Waals surface area contributed by atoms with Gasteiger partial charge in [0.2, 0.25) is 0 Å². The first-order valence-electron chi connectivity index (χ1n) is 10.5. The minimum absolute atomic E-state index is 0.287. The van der Waals surface area contributed by atoms with Gasteiger partial charge in [-0.2, -0.15) is 0 Å². The Hall–Kier alpha value is -2.09. The van der Waals surface area contributed by atoms with Crippen LogP contribution >= 0.6 is 0 Å². The predicted octanol–water partition coefficient (Wildman–Crippen LogP) is 7.07. The molecule has 0 aliphatic heterocycles. The van der Waals surface area contributed by atoms with E-state index in [0.717, 1.165) is 11.5 Å². The Bertz CT molecular complexity index is 707. The molecule has 0 aromatic heterocycles. The molecule has 1 aliphatic rings. The van der Waals surface area contributed by atoms with Gasteiger partial charge in [-0.15, -0.1) is 0 Å². The van der Waals surface area contributed by atoms with Gasteiger partial charge in [0.15, 0.2) is 0 Å². The van der Waals surface area contributed by atoms with E-state index in [2.05, 4.69) is 19.1 Å². The van der Waals surface area contributed by atoms with Crippen molar-refractivity contribution >= 4 is 5.97 Å². The number of rotatable bonds is 7. The molecule has 144 valence electrons. The molecule has 27 heavy (non-hydrogen) atoms. The predicted molar refractivity (Wildman–Crippen MR) is 111 cm³/mol. The van der Waals surface area contributed by atoms with Crippen molar-refractivity contribution in [3.63, 3.8) is 0 Å². The summed E-state index contributed by atoms with van der Waals surface area (Å²) >= 11 is 0. The molecule has 0 radical (unpaired) electrons. The van der Waals surface area contributed by atoms with Crippen LogP contribution in [-0.2, 0) is 0 Å². The molecule has 3 rings (SSSR count). The minimum atomic E-state index is -0.287. The van der Waals surface area contributed by atoms with Crippen LogP contribution in [0.4, 0.5) is 0 Å². The van der Waals surface area contributed by atoms with Gasteiger partial charge in [0.05, 0.1) is 5.56 Å². The number of hydrogen-bond donors (Lipinski definition) is 0. The average Bonchev–Trinajstić information content (AvgIpc) is 2.70. The van der Waals surface area contributed by atoms with Crippen molar-refractivity contribution in [3.8, 4) is 5.75 Å². The quantitative estimate of drug-likeness (QED) is 0.298. The van der Waals surface area contributed by atoms with Gasteiger partial charge >= 0.3 is 5.97 Å². The van der Waals surface area contributed by atoms with Gasteiger partial charge in [0, 0.05) is 0 Å². The van der Waals surface area contributed by atoms with Gasteiger partial charge in [-0.05, 0) is 74.3 Å². The van der Waals surface area contributed by atoms with E-state index in [1.807, 2.05) is 43.3 Å². The highest BCUT2D eigenvalue weighted by molar-refractivity contribution is 5.91. The van der Waals surface area contributed by atoms with Crippen molar-refractivity contribution < 1.29 is 9.53 Å². The van der Waals surface area contributed by atoms with E-state index in [4.69, 9.17) is 4.74 Å². The summed E-state index contributed by atoms with van der Waals surface area (Å²) < 4.78 is 5.46. The Kier molecular flexibility index (Phi) is 7.09. The SMILES string of the molecule is CCCCCC1CCC(c2ccc(C(=O)Oc3ccc(C)cc3)cc2)CC1. The van der Waals surface area contributed by atoms with Crippen molar-refractivity contribution in [3.05, 3.63) is 65.2 Å². The third kappa shape index (κ3) is 5.69. The zero-order chi connectivity index (χ0) is 19.1. The smallest absolute Gasteiger partial charge is 0.343 e. The Morgan fingerprint density at radius 1 is 0.926 bits per heavy atom. The summed E-state index contributed by atoms with van der Waals surface area (Å²) in [6.45, 7) is 4.29. The normalized spacial score (nSPS) is 19.6. The second kappa shape index (κ2) is 9.73. The highest BCUT2D eigenvalue weighted by atomic mass is 16.5. The topological polar surface area (TPSA) is 26.3 Å². The number of ether oxygens (including phenoxy) is 1. The molecule has 2 aromatic carbocycles. The summed E-state index contributed by atoms with van der Waals surface area (Å²) in [7, 11) is 0. The van der Waals surface area contributed by atoms with Crippen LogP contribution in [0.2, 0.25) is 0 Å². The molecule has 1 fully saturated rings. The van der Waals surface area contributed by atoms with Gasteiger partial charge in [0.25, 0.3) is 0 Å². The Morgan fingerprint density at radius 3 is 2.22 bits per heavy atom. The third-order valence-corrected chi connectivity index (χ3v) is 5.91. The van der Waals surface area contributed by atoms with E-state index in [0.29, 0.717) is 17.2 Å². The van der Waals surface area contributed by atoms with Crippen molar-refractivity contribution in [1.82, 2.24) is 0 Å². The van der Waals surface area contributed by atoms with E-state index in [1.54, 1.807) is 0 Å². The number of aryl methyl sites for hydroxylation is 1. The van der Waals surface area contributed by atoms with Crippen LogP contribution in [0.25, 0.3) is 0 Å². The maximum Gasteiger partial charge on any atom is 0.343 e. The first kappa shape index (κ1) is 19.7. The molecule has 0 unspecified atom stereocenters. The Balaban J connectivity index is 1.51. The molecule has 2 heteroatoms. The molecule has 0 bridgehead atoms. The van der Waals surface area contributed by atoms with Crippen LogP contribution < -0.4 is 4.74 Å². The molecule has 0 N–H and O–H groups in total. The lowest BCUT2D eigenvalue weighted by Gasteiger charge is -2.29. The summed E-state index contributed by atoms with van der Waals surface area (Å²) in [5.41, 5.74) is 3.14. The second-order valence-electron chi connectivity index (χ2n) is 8.04. The zero-order valence-electron chi connectivity index (χ0n) is 16.7. The maximum absolute atomic E-state index is 12.3. The molecule has 1 aliphatic carbocycles. The summed E-state index contributed by atoms with van der Waals surface area (Å²) in [5.74, 6) is 1.88. The number of carbonyl (C=O) groups is 1. The number of unbranched alkanes of at least 4 members (excludes halogenated alkanes) is 2. The molecule has 0 amide bonds. The number of carbonyl (C=O) groups excluding carboxylic acids is 1. The minimum Gasteiger partial charge on any atom is -0.423 e. The summed E-state index contributed by atoms with van der Waals surface area (Å²) in [4.78, 5) is 12.3. The van der Waals surface area contributed by atoms with Crippen molar-refractivity contribution in [2.24, 2.45) is 5.92 Å². The van der Waals surface area contributed by atoms with Gasteiger partial charge in [-0.1, -0.05) is 62.4 Å². The van der Waals surface area contributed by atoms with Crippen LogP contribution in [0.5, 0.6) is 5.75 Å². The molecule has 2 nitrogen and oxygen atoms in total. The van der Waals surface area contributed by atoms with E-state index >= 15 is 0 Å². The van der Waals surface area contributed by atoms with Crippen LogP contribution in [0.15, 0.2) is 48.5 Å². The van der Waals surface area contributed by atoms with Crippen LogP contribution in [0, 0.1) is 12.8 Å². The summed E-state index contributed by atoms with van der Waals surface area (Å²) in [6.07, 6.45) is 10.8. The van der Waals surface area contributed by atoms with Crippen molar-refractivity contribution in [2.45, 2.75) is 71.1 Å². The average molecular weight is 365 g/mol. The molecular weight excluding hydrogens is 332 g/mol. The van der Waals surface area contributed by atoms with E-state index in [9.17, 15) is 4.79 Å². The molecule has 0 saturated heterocycles. The van der Waals surface area contributed by atoms with Crippen LogP contribution in [0.1, 0.15) is 85.7 Å². The molecule has 0 spiro atoms. The number of esters is 1. The lowest BCUT2D eigenvalue weighted by atomic mass is 9.77. The summed E-state index contributed by atoms with van der Waals surface area (Å²) in [6, 6.07) is 15.6. The Labute approximate surface area is 164 Å². The van der Waals surface area contributed by atoms with Gasteiger partial charge in [-0.25, -0.2) is 4.79 Å². The molecule has 0 heterocycles. The van der Waals surface area contributed by atoms with E-state index in [-0.39, 0.29) is 5.97 Å². The maximum atomic E-state index is 12.3. The first-order chi connectivity index (χ1) is 13.2. The van der Waals surface area contributed by atoms with Gasteiger partial charge < -0.3 is 4.74 Å². The standard InChI is InChI=1S/C25H32O2/c1-3-4-5-6-20-9-11-21(12-10-20)22-13-15-23(16-14-22)25(26)27-24-17-7-19(2)8-18-24/h7-8,13-18,20-21H,3-6,9-12H2,1-2H3. The fourth-order valence-corrected chi connectivity index (χ4v) is 4.13. The Morgan fingerprint density at radius 2 is 1.59 bits per heavy atom. The van der Waals surface area contributed by atoms with Crippen LogP contribution in [0.3, 0.4) is 0 Å². The first-order valence-corrected chi connectivity index (χ1v) is 10.5. The lowest BCUT2D eigenvalue weighted by Crippen LogP contribution is -2.14. The third-order valence-electron chi connectivity index (χ3n) is 5.91. The fourth-order valence-electron chi connectivity index (χ4n) is 4.13. The molecule has 0 atom stereocenters. The highest BCUT2D eigenvalue weighted by Gasteiger charge is 2.22. The fraction of sp³-hybridized carbons (Fsp3) is 0.480. The van der Waals surface area contributed by atoms with Crippen LogP contribution in [-0.4, -0.2) is 5.97 Å². The van der Waals surface area contributed by atoms with Gasteiger partial charge in [-0.3, -0.25) is 0 Å². The highest BCUT2D eigenvalue weighted by Crippen LogP contribution is 2.37. The number of benzene rings is 2. The number of hydrogen-bond acceptors (Lipinski definition) is 2.